The number of hydrogen-bond donors (Lipinski definition) is 1. The van der Waals surface area contributed by atoms with E-state index in [0.717, 1.165) is 5.56 Å². The van der Waals surface area contributed by atoms with Gasteiger partial charge < -0.3 is 14.7 Å². The summed E-state index contributed by atoms with van der Waals surface area (Å²) in [5.41, 5.74) is 1.53. The topological polar surface area (TPSA) is 66.8 Å². The maximum Gasteiger partial charge on any atom is 0.311 e. The number of aryl methyl sites for hydroxylation is 2. The second-order valence-corrected chi connectivity index (χ2v) is 6.74. The van der Waals surface area contributed by atoms with Crippen molar-refractivity contribution in [1.29, 1.82) is 0 Å². The second-order valence-electron chi connectivity index (χ2n) is 6.74. The molecule has 23 heavy (non-hydrogen) atoms. The van der Waals surface area contributed by atoms with Crippen LogP contribution in [0.4, 0.5) is 0 Å². The van der Waals surface area contributed by atoms with Crippen LogP contribution in [0.1, 0.15) is 24.0 Å². The molecular formula is C18H23NO4. The summed E-state index contributed by atoms with van der Waals surface area (Å²) in [6.45, 7) is 3.76. The van der Waals surface area contributed by atoms with Gasteiger partial charge in [-0.1, -0.05) is 29.8 Å². The fraction of sp³-hybridized carbons (Fsp3) is 0.556. The predicted molar refractivity (Wildman–Crippen MR) is 85.1 cm³/mol. The van der Waals surface area contributed by atoms with Gasteiger partial charge in [0.15, 0.2) is 0 Å². The summed E-state index contributed by atoms with van der Waals surface area (Å²) in [4.78, 5) is 26.0. The Balaban J connectivity index is 1.62. The molecule has 2 aliphatic heterocycles. The van der Waals surface area contributed by atoms with Crippen molar-refractivity contribution in [2.75, 3.05) is 26.3 Å². The Morgan fingerprint density at radius 1 is 1.35 bits per heavy atom. The molecule has 0 saturated carbocycles. The molecule has 0 bridgehead atoms. The second kappa shape index (κ2) is 6.32. The number of rotatable bonds is 4. The minimum Gasteiger partial charge on any atom is -0.481 e. The first kappa shape index (κ1) is 16.0. The van der Waals surface area contributed by atoms with E-state index in [9.17, 15) is 14.7 Å². The molecule has 2 fully saturated rings. The molecule has 0 aliphatic carbocycles. The summed E-state index contributed by atoms with van der Waals surface area (Å²) >= 11 is 0. The third-order valence-corrected chi connectivity index (χ3v) is 5.23. The summed E-state index contributed by atoms with van der Waals surface area (Å²) in [7, 11) is 0. The van der Waals surface area contributed by atoms with Crippen LogP contribution in [0.2, 0.25) is 0 Å². The van der Waals surface area contributed by atoms with Gasteiger partial charge in [0.1, 0.15) is 0 Å². The fourth-order valence-electron chi connectivity index (χ4n) is 3.65. The highest BCUT2D eigenvalue weighted by Crippen LogP contribution is 2.42. The van der Waals surface area contributed by atoms with E-state index in [1.54, 1.807) is 4.90 Å². The number of carboxylic acids is 1. The quantitative estimate of drug-likeness (QED) is 0.921. The Bertz CT molecular complexity index is 598. The van der Waals surface area contributed by atoms with Crippen molar-refractivity contribution in [1.82, 2.24) is 4.90 Å². The van der Waals surface area contributed by atoms with Crippen LogP contribution in [0, 0.1) is 18.3 Å². The number of carbonyl (C=O) groups is 2. The Morgan fingerprint density at radius 3 is 2.74 bits per heavy atom. The van der Waals surface area contributed by atoms with Crippen molar-refractivity contribution in [3.05, 3.63) is 35.4 Å². The molecule has 2 aliphatic rings. The van der Waals surface area contributed by atoms with Gasteiger partial charge in [-0.05, 0) is 25.3 Å². The van der Waals surface area contributed by atoms with Crippen molar-refractivity contribution in [3.63, 3.8) is 0 Å². The van der Waals surface area contributed by atoms with Gasteiger partial charge >= 0.3 is 5.97 Å². The standard InChI is InChI=1S/C18H23NO4/c1-13-2-4-14(5-3-13)6-7-16(20)19-10-15-11-23-9-8-18(15,12-19)17(21)22/h2-5,15H,6-12H2,1H3,(H,21,22)/t15-,18+/m0/s1. The van der Waals surface area contributed by atoms with Gasteiger partial charge in [0.2, 0.25) is 5.91 Å². The minimum atomic E-state index is -0.808. The third kappa shape index (κ3) is 3.11. The Hall–Kier alpha value is -1.88. The molecular weight excluding hydrogens is 294 g/mol. The van der Waals surface area contributed by atoms with Gasteiger partial charge in [-0.2, -0.15) is 0 Å². The van der Waals surface area contributed by atoms with E-state index in [1.807, 2.05) is 31.2 Å². The van der Waals surface area contributed by atoms with Gasteiger partial charge in [-0.25, -0.2) is 0 Å². The first-order valence-corrected chi connectivity index (χ1v) is 8.16. The van der Waals surface area contributed by atoms with E-state index in [2.05, 4.69) is 0 Å². The van der Waals surface area contributed by atoms with Crippen LogP contribution >= 0.6 is 0 Å². The molecule has 5 nitrogen and oxygen atoms in total. The lowest BCUT2D eigenvalue weighted by atomic mass is 9.74. The molecule has 5 heteroatoms. The average Bonchev–Trinajstić information content (AvgIpc) is 2.95. The van der Waals surface area contributed by atoms with Crippen LogP contribution in [-0.2, 0) is 20.7 Å². The fourth-order valence-corrected chi connectivity index (χ4v) is 3.65. The molecule has 0 unspecified atom stereocenters. The first-order chi connectivity index (χ1) is 11.0. The number of likely N-dealkylation sites (tertiary alicyclic amines) is 1. The predicted octanol–water partition coefficient (Wildman–Crippen LogP) is 1.88. The van der Waals surface area contributed by atoms with E-state index in [-0.39, 0.29) is 11.8 Å². The number of ether oxygens (including phenoxy) is 1. The molecule has 1 aromatic carbocycles. The maximum atomic E-state index is 12.5. The first-order valence-electron chi connectivity index (χ1n) is 8.16. The normalized spacial score (nSPS) is 26.8. The van der Waals surface area contributed by atoms with Crippen LogP contribution in [-0.4, -0.2) is 48.2 Å². The van der Waals surface area contributed by atoms with Crippen LogP contribution in [0.3, 0.4) is 0 Å². The Morgan fingerprint density at radius 2 is 2.09 bits per heavy atom. The van der Waals surface area contributed by atoms with Gasteiger partial charge in [0, 0.05) is 32.0 Å². The van der Waals surface area contributed by atoms with Gasteiger partial charge in [0.05, 0.1) is 12.0 Å². The van der Waals surface area contributed by atoms with Gasteiger partial charge in [-0.3, -0.25) is 9.59 Å². The number of nitrogens with zero attached hydrogens (tertiary/aromatic N) is 1. The van der Waals surface area contributed by atoms with Crippen LogP contribution in [0.5, 0.6) is 0 Å². The summed E-state index contributed by atoms with van der Waals surface area (Å²) < 4.78 is 5.43. The Kier molecular flexibility index (Phi) is 4.39. The summed E-state index contributed by atoms with van der Waals surface area (Å²) in [6, 6.07) is 8.17. The van der Waals surface area contributed by atoms with E-state index in [4.69, 9.17) is 4.74 Å². The van der Waals surface area contributed by atoms with Crippen molar-refractivity contribution >= 4 is 11.9 Å². The maximum absolute atomic E-state index is 12.5. The van der Waals surface area contributed by atoms with E-state index < -0.39 is 11.4 Å². The van der Waals surface area contributed by atoms with E-state index in [0.29, 0.717) is 45.6 Å². The van der Waals surface area contributed by atoms with Crippen molar-refractivity contribution in [2.45, 2.75) is 26.2 Å². The summed E-state index contributed by atoms with van der Waals surface area (Å²) in [5.74, 6) is -0.836. The lowest BCUT2D eigenvalue weighted by Gasteiger charge is -2.33. The molecule has 1 amide bonds. The molecule has 2 saturated heterocycles. The molecule has 1 aromatic rings. The zero-order chi connectivity index (χ0) is 16.4. The number of fused-ring (bicyclic) bond motifs is 1. The number of benzene rings is 1. The average molecular weight is 317 g/mol. The zero-order valence-electron chi connectivity index (χ0n) is 13.5. The summed E-state index contributed by atoms with van der Waals surface area (Å²) in [6.07, 6.45) is 1.61. The lowest BCUT2D eigenvalue weighted by molar-refractivity contribution is -0.157. The molecule has 1 N–H and O–H groups in total. The SMILES string of the molecule is Cc1ccc(CCC(=O)N2C[C@H]3COCC[C@@]3(C(=O)O)C2)cc1. The molecule has 2 heterocycles. The number of aliphatic carboxylic acids is 1. The smallest absolute Gasteiger partial charge is 0.311 e. The zero-order valence-corrected chi connectivity index (χ0v) is 13.5. The van der Waals surface area contributed by atoms with Gasteiger partial charge in [0.25, 0.3) is 0 Å². The minimum absolute atomic E-state index is 0.0422. The van der Waals surface area contributed by atoms with E-state index >= 15 is 0 Å². The van der Waals surface area contributed by atoms with Gasteiger partial charge in [-0.15, -0.1) is 0 Å². The highest BCUT2D eigenvalue weighted by Gasteiger charge is 2.54. The number of carbonyl (C=O) groups excluding carboxylic acids is 1. The van der Waals surface area contributed by atoms with Crippen LogP contribution in [0.25, 0.3) is 0 Å². The van der Waals surface area contributed by atoms with E-state index in [1.165, 1.54) is 5.56 Å². The number of amides is 1. The third-order valence-electron chi connectivity index (χ3n) is 5.23. The molecule has 2 atom stereocenters. The molecule has 3 rings (SSSR count). The lowest BCUT2D eigenvalue weighted by Crippen LogP contribution is -2.45. The molecule has 0 aromatic heterocycles. The van der Waals surface area contributed by atoms with Crippen LogP contribution < -0.4 is 0 Å². The molecule has 0 radical (unpaired) electrons. The Labute approximate surface area is 136 Å². The van der Waals surface area contributed by atoms with Crippen LogP contribution in [0.15, 0.2) is 24.3 Å². The number of carboxylic acid groups (broad SMARTS) is 1. The van der Waals surface area contributed by atoms with Crippen molar-refractivity contribution in [2.24, 2.45) is 11.3 Å². The van der Waals surface area contributed by atoms with Crippen molar-refractivity contribution < 1.29 is 19.4 Å². The highest BCUT2D eigenvalue weighted by molar-refractivity contribution is 5.81. The van der Waals surface area contributed by atoms with Crippen molar-refractivity contribution in [3.8, 4) is 0 Å². The monoisotopic (exact) mass is 317 g/mol. The highest BCUT2D eigenvalue weighted by atomic mass is 16.5. The molecule has 0 spiro atoms. The molecule has 124 valence electrons. The summed E-state index contributed by atoms with van der Waals surface area (Å²) in [5, 5.41) is 9.64. The largest absolute Gasteiger partial charge is 0.481 e. The number of hydrogen-bond acceptors (Lipinski definition) is 3.